The van der Waals surface area contributed by atoms with Gasteiger partial charge in [0.25, 0.3) is 0 Å². The summed E-state index contributed by atoms with van der Waals surface area (Å²) in [6, 6.07) is 33.1. The number of fused-ring (bicyclic) bond motifs is 5. The normalized spacial score (nSPS) is 15.3. The van der Waals surface area contributed by atoms with Gasteiger partial charge in [0.2, 0.25) is 0 Å². The molecule has 0 unspecified atom stereocenters. The summed E-state index contributed by atoms with van der Waals surface area (Å²) >= 11 is 0. The Morgan fingerprint density at radius 1 is 0.415 bits per heavy atom. The van der Waals surface area contributed by atoms with Crippen LogP contribution in [0.2, 0.25) is 0 Å². The Labute approximate surface area is 248 Å². The van der Waals surface area contributed by atoms with Crippen molar-refractivity contribution >= 4 is 0 Å². The van der Waals surface area contributed by atoms with E-state index >= 15 is 0 Å². The molecule has 0 aliphatic heterocycles. The lowest BCUT2D eigenvalue weighted by Crippen LogP contribution is -2.25. The zero-order valence-electron chi connectivity index (χ0n) is 24.9. The van der Waals surface area contributed by atoms with Crippen molar-refractivity contribution in [2.24, 2.45) is 0 Å². The molecule has 0 radical (unpaired) electrons. The summed E-state index contributed by atoms with van der Waals surface area (Å²) in [5.41, 5.74) is 15.9. The minimum atomic E-state index is 0.191. The number of hydrogen-bond acceptors (Lipinski definition) is 0. The molecule has 0 heterocycles. The molecule has 4 aromatic carbocycles. The highest BCUT2D eigenvalue weighted by Crippen LogP contribution is 2.54. The van der Waals surface area contributed by atoms with E-state index in [0.717, 1.165) is 0 Å². The smallest absolute Gasteiger partial charge is 0.0215 e. The number of benzene rings is 4. The topological polar surface area (TPSA) is 0 Å². The molecule has 0 amide bonds. The number of aryl methyl sites for hydroxylation is 6. The third-order valence-corrected chi connectivity index (χ3v) is 10.7. The first-order valence-corrected chi connectivity index (χ1v) is 16.7. The number of rotatable bonds is 14. The molecule has 0 spiro atoms. The predicted molar refractivity (Wildman–Crippen MR) is 174 cm³/mol. The summed E-state index contributed by atoms with van der Waals surface area (Å²) < 4.78 is 0. The molecule has 7 rings (SSSR count). The molecule has 0 saturated heterocycles. The van der Waals surface area contributed by atoms with Crippen LogP contribution in [-0.4, -0.2) is 0 Å². The molecule has 0 heteroatoms. The van der Waals surface area contributed by atoms with E-state index in [2.05, 4.69) is 84.9 Å². The molecule has 0 saturated carbocycles. The van der Waals surface area contributed by atoms with E-state index in [0.29, 0.717) is 0 Å². The lowest BCUT2D eigenvalue weighted by Gasteiger charge is -2.33. The summed E-state index contributed by atoms with van der Waals surface area (Å²) in [5, 5.41) is 0. The SMILES string of the molecule is c1ccc2c(c1)-c1ccccc1C2(CCCCCCc1ccc2c(c1)CC2)CCCCCCc1ccc2c(c1)CC2. The van der Waals surface area contributed by atoms with E-state index in [4.69, 9.17) is 0 Å². The van der Waals surface area contributed by atoms with Crippen molar-refractivity contribution in [2.75, 3.05) is 0 Å². The predicted octanol–water partition coefficient (Wildman–Crippen LogP) is 10.5. The van der Waals surface area contributed by atoms with Crippen LogP contribution >= 0.6 is 0 Å². The van der Waals surface area contributed by atoms with E-state index in [-0.39, 0.29) is 5.41 Å². The molecule has 0 nitrogen and oxygen atoms in total. The van der Waals surface area contributed by atoms with Gasteiger partial charge in [0.05, 0.1) is 0 Å². The molecule has 3 aliphatic carbocycles. The maximum absolute atomic E-state index is 2.48. The average molecular weight is 539 g/mol. The minimum Gasteiger partial charge on any atom is -0.0619 e. The van der Waals surface area contributed by atoms with Crippen molar-refractivity contribution in [3.8, 4) is 11.1 Å². The monoisotopic (exact) mass is 538 g/mol. The van der Waals surface area contributed by atoms with Crippen molar-refractivity contribution < 1.29 is 0 Å². The second-order valence-corrected chi connectivity index (χ2v) is 13.2. The summed E-state index contributed by atoms with van der Waals surface area (Å²) in [6.45, 7) is 0. The van der Waals surface area contributed by atoms with E-state index in [9.17, 15) is 0 Å². The van der Waals surface area contributed by atoms with Gasteiger partial charge in [-0.1, -0.05) is 123 Å². The maximum Gasteiger partial charge on any atom is 0.0215 e. The molecule has 0 atom stereocenters. The van der Waals surface area contributed by atoms with Gasteiger partial charge >= 0.3 is 0 Å². The van der Waals surface area contributed by atoms with Crippen molar-refractivity contribution in [1.82, 2.24) is 0 Å². The van der Waals surface area contributed by atoms with E-state index in [1.807, 2.05) is 0 Å². The van der Waals surface area contributed by atoms with Gasteiger partial charge in [-0.2, -0.15) is 0 Å². The van der Waals surface area contributed by atoms with Gasteiger partial charge in [0, 0.05) is 5.41 Å². The van der Waals surface area contributed by atoms with Gasteiger partial charge in [-0.05, 0) is 120 Å². The molecule has 41 heavy (non-hydrogen) atoms. The minimum absolute atomic E-state index is 0.191. The Hall–Kier alpha value is -3.12. The Morgan fingerprint density at radius 2 is 0.854 bits per heavy atom. The highest BCUT2D eigenvalue weighted by atomic mass is 14.4. The van der Waals surface area contributed by atoms with Crippen molar-refractivity contribution in [2.45, 2.75) is 108 Å². The van der Waals surface area contributed by atoms with Crippen LogP contribution < -0.4 is 0 Å². The summed E-state index contributed by atoms with van der Waals surface area (Å²) in [6.07, 6.45) is 20.9. The fraction of sp³-hybridized carbons (Fsp3) is 0.415. The van der Waals surface area contributed by atoms with Crippen molar-refractivity contribution in [3.63, 3.8) is 0 Å². The quantitative estimate of drug-likeness (QED) is 0.140. The van der Waals surface area contributed by atoms with Crippen LogP contribution in [0.3, 0.4) is 0 Å². The first kappa shape index (κ1) is 26.8. The zero-order chi connectivity index (χ0) is 27.5. The largest absolute Gasteiger partial charge is 0.0619 e. The van der Waals surface area contributed by atoms with E-state index < -0.39 is 0 Å². The van der Waals surface area contributed by atoms with Crippen LogP contribution in [0.4, 0.5) is 0 Å². The van der Waals surface area contributed by atoms with Gasteiger partial charge in [0.15, 0.2) is 0 Å². The lowest BCUT2D eigenvalue weighted by molar-refractivity contribution is 0.399. The maximum atomic E-state index is 2.48. The first-order valence-electron chi connectivity index (χ1n) is 16.7. The fourth-order valence-corrected chi connectivity index (χ4v) is 8.11. The Kier molecular flexibility index (Phi) is 7.84. The van der Waals surface area contributed by atoms with Gasteiger partial charge in [-0.3, -0.25) is 0 Å². The average Bonchev–Trinajstić information content (AvgIpc) is 3.25. The second kappa shape index (κ2) is 12.0. The van der Waals surface area contributed by atoms with Crippen molar-refractivity contribution in [1.29, 1.82) is 0 Å². The van der Waals surface area contributed by atoms with Crippen LogP contribution in [0.5, 0.6) is 0 Å². The molecule has 0 N–H and O–H groups in total. The summed E-state index contributed by atoms with van der Waals surface area (Å²) in [5.74, 6) is 0. The highest BCUT2D eigenvalue weighted by molar-refractivity contribution is 5.81. The second-order valence-electron chi connectivity index (χ2n) is 13.2. The number of unbranched alkanes of at least 4 members (excludes halogenated alkanes) is 6. The van der Waals surface area contributed by atoms with Gasteiger partial charge in [-0.25, -0.2) is 0 Å². The molecular weight excluding hydrogens is 492 g/mol. The van der Waals surface area contributed by atoms with E-state index in [1.165, 1.54) is 114 Å². The standard InChI is InChI=1S/C41H46/c1(5-13-31-19-21-33-23-25-35(33)29-31)3-11-27-41(39-17-9-7-15-37(39)38-16-8-10-18-40(38)41)28-12-4-2-6-14-32-20-22-34-24-26-36(34)30-32/h7-10,15-22,29-30H,1-6,11-14,23-28H2. The molecule has 210 valence electrons. The van der Waals surface area contributed by atoms with E-state index in [1.54, 1.807) is 44.5 Å². The third kappa shape index (κ3) is 5.43. The Balaban J connectivity index is 0.958. The lowest BCUT2D eigenvalue weighted by atomic mass is 9.70. The fourth-order valence-electron chi connectivity index (χ4n) is 8.11. The Bertz CT molecular complexity index is 1390. The summed E-state index contributed by atoms with van der Waals surface area (Å²) in [7, 11) is 0. The Morgan fingerprint density at radius 3 is 1.29 bits per heavy atom. The van der Waals surface area contributed by atoms with Gasteiger partial charge in [-0.15, -0.1) is 0 Å². The van der Waals surface area contributed by atoms with Crippen LogP contribution in [0.1, 0.15) is 109 Å². The molecule has 4 aromatic rings. The van der Waals surface area contributed by atoms with Crippen LogP contribution in [-0.2, 0) is 43.9 Å². The van der Waals surface area contributed by atoms with Gasteiger partial charge in [0.1, 0.15) is 0 Å². The summed E-state index contributed by atoms with van der Waals surface area (Å²) in [4.78, 5) is 0. The van der Waals surface area contributed by atoms with Crippen LogP contribution in [0, 0.1) is 0 Å². The molecule has 0 bridgehead atoms. The van der Waals surface area contributed by atoms with Gasteiger partial charge < -0.3 is 0 Å². The molecular formula is C41H46. The molecule has 0 fully saturated rings. The van der Waals surface area contributed by atoms with Crippen LogP contribution in [0.25, 0.3) is 11.1 Å². The van der Waals surface area contributed by atoms with Crippen LogP contribution in [0.15, 0.2) is 84.9 Å². The number of hydrogen-bond donors (Lipinski definition) is 0. The molecule has 0 aromatic heterocycles. The zero-order valence-corrected chi connectivity index (χ0v) is 24.9. The highest BCUT2D eigenvalue weighted by Gasteiger charge is 2.41. The third-order valence-electron chi connectivity index (χ3n) is 10.7. The first-order chi connectivity index (χ1) is 20.3. The van der Waals surface area contributed by atoms with Crippen molar-refractivity contribution in [3.05, 3.63) is 129 Å². The molecule has 3 aliphatic rings.